The fraction of sp³-hybridized carbons (Fsp3) is 0.222. The van der Waals surface area contributed by atoms with Crippen molar-refractivity contribution in [2.75, 3.05) is 6.54 Å². The Morgan fingerprint density at radius 1 is 1.17 bits per heavy atom. The van der Waals surface area contributed by atoms with Gasteiger partial charge >= 0.3 is 0 Å². The van der Waals surface area contributed by atoms with E-state index in [4.69, 9.17) is 0 Å². The molecule has 0 N–H and O–H groups in total. The number of carbonyl (C=O) groups is 1. The molecule has 3 aromatic rings. The van der Waals surface area contributed by atoms with Gasteiger partial charge in [0.15, 0.2) is 0 Å². The average Bonchev–Trinajstić information content (AvgIpc) is 3.25. The molecule has 3 heterocycles. The van der Waals surface area contributed by atoms with Crippen LogP contribution in [0.3, 0.4) is 0 Å². The van der Waals surface area contributed by atoms with Crippen LogP contribution in [-0.4, -0.2) is 26.9 Å². The second kappa shape index (κ2) is 6.01. The highest BCUT2D eigenvalue weighted by molar-refractivity contribution is 7.13. The van der Waals surface area contributed by atoms with E-state index in [-0.39, 0.29) is 5.91 Å². The number of hydrogen-bond donors (Lipinski definition) is 0. The first-order valence-corrected chi connectivity index (χ1v) is 8.59. The molecular formula is C18H17N3OS. The van der Waals surface area contributed by atoms with Crippen LogP contribution in [0.5, 0.6) is 0 Å². The van der Waals surface area contributed by atoms with Gasteiger partial charge < -0.3 is 9.47 Å². The number of nitrogens with zero attached hydrogens (tertiary/aromatic N) is 3. The highest BCUT2D eigenvalue weighted by Gasteiger charge is 2.21. The van der Waals surface area contributed by atoms with E-state index >= 15 is 0 Å². The summed E-state index contributed by atoms with van der Waals surface area (Å²) >= 11 is 1.64. The number of hydrogen-bond acceptors (Lipinski definition) is 3. The number of amides is 1. The molecule has 2 aromatic heterocycles. The van der Waals surface area contributed by atoms with Crippen molar-refractivity contribution >= 4 is 17.2 Å². The molecule has 0 bridgehead atoms. The predicted octanol–water partition coefficient (Wildman–Crippen LogP) is 3.20. The minimum atomic E-state index is 0.148. The Hall–Kier alpha value is -2.40. The van der Waals surface area contributed by atoms with Crippen molar-refractivity contribution in [3.05, 3.63) is 65.3 Å². The molecule has 0 aliphatic carbocycles. The maximum atomic E-state index is 12.7. The first kappa shape index (κ1) is 14.2. The van der Waals surface area contributed by atoms with E-state index in [2.05, 4.69) is 23.2 Å². The second-order valence-electron chi connectivity index (χ2n) is 5.69. The molecule has 5 heteroatoms. The van der Waals surface area contributed by atoms with E-state index in [0.29, 0.717) is 13.1 Å². The van der Waals surface area contributed by atoms with Gasteiger partial charge in [0.25, 0.3) is 0 Å². The van der Waals surface area contributed by atoms with Gasteiger partial charge in [-0.1, -0.05) is 30.3 Å². The monoisotopic (exact) mass is 323 g/mol. The van der Waals surface area contributed by atoms with Crippen LogP contribution < -0.4 is 0 Å². The number of imidazole rings is 1. The van der Waals surface area contributed by atoms with E-state index in [1.54, 1.807) is 17.5 Å². The summed E-state index contributed by atoms with van der Waals surface area (Å²) in [4.78, 5) is 20.1. The maximum Gasteiger partial charge on any atom is 0.242 e. The topological polar surface area (TPSA) is 38.1 Å². The zero-order valence-corrected chi connectivity index (χ0v) is 13.5. The van der Waals surface area contributed by atoms with Crippen molar-refractivity contribution in [1.82, 2.24) is 14.5 Å². The smallest absolute Gasteiger partial charge is 0.242 e. The third-order valence-electron chi connectivity index (χ3n) is 4.25. The zero-order chi connectivity index (χ0) is 15.6. The quantitative estimate of drug-likeness (QED) is 0.742. The molecule has 0 spiro atoms. The second-order valence-corrected chi connectivity index (χ2v) is 6.64. The lowest BCUT2D eigenvalue weighted by Crippen LogP contribution is -2.38. The molecule has 1 amide bonds. The number of fused-ring (bicyclic) bond motifs is 1. The zero-order valence-electron chi connectivity index (χ0n) is 12.7. The fourth-order valence-corrected chi connectivity index (χ4v) is 3.76. The van der Waals surface area contributed by atoms with E-state index in [1.807, 2.05) is 39.2 Å². The van der Waals surface area contributed by atoms with Gasteiger partial charge in [0.05, 0.1) is 4.88 Å². The van der Waals surface area contributed by atoms with Crippen molar-refractivity contribution in [1.29, 1.82) is 0 Å². The molecule has 1 aliphatic rings. The summed E-state index contributed by atoms with van der Waals surface area (Å²) in [5.74, 6) is 1.01. The first-order valence-electron chi connectivity index (χ1n) is 7.71. The highest BCUT2D eigenvalue weighted by atomic mass is 32.1. The van der Waals surface area contributed by atoms with Crippen LogP contribution in [-0.2, 0) is 24.3 Å². The van der Waals surface area contributed by atoms with Crippen LogP contribution >= 0.6 is 11.3 Å². The van der Waals surface area contributed by atoms with Crippen LogP contribution in [0.1, 0.15) is 11.1 Å². The maximum absolute atomic E-state index is 12.7. The van der Waals surface area contributed by atoms with Gasteiger partial charge in [-0.05, 0) is 29.0 Å². The first-order chi connectivity index (χ1) is 11.3. The van der Waals surface area contributed by atoms with Crippen molar-refractivity contribution < 1.29 is 4.79 Å². The Morgan fingerprint density at radius 3 is 2.87 bits per heavy atom. The van der Waals surface area contributed by atoms with Gasteiger partial charge in [-0.15, -0.1) is 11.3 Å². The van der Waals surface area contributed by atoms with E-state index in [0.717, 1.165) is 23.7 Å². The Kier molecular flexibility index (Phi) is 3.71. The van der Waals surface area contributed by atoms with Crippen molar-refractivity contribution in [3.63, 3.8) is 0 Å². The van der Waals surface area contributed by atoms with Gasteiger partial charge in [-0.25, -0.2) is 4.98 Å². The summed E-state index contributed by atoms with van der Waals surface area (Å²) in [7, 11) is 0. The predicted molar refractivity (Wildman–Crippen MR) is 91.1 cm³/mol. The van der Waals surface area contributed by atoms with Gasteiger partial charge in [0, 0.05) is 25.5 Å². The summed E-state index contributed by atoms with van der Waals surface area (Å²) in [6.07, 6.45) is 4.57. The molecular weight excluding hydrogens is 306 g/mol. The largest absolute Gasteiger partial charge is 0.336 e. The molecule has 0 unspecified atom stereocenters. The van der Waals surface area contributed by atoms with Gasteiger partial charge in [-0.2, -0.15) is 0 Å². The number of carbonyl (C=O) groups excluding carboxylic acids is 1. The molecule has 0 fully saturated rings. The standard InChI is InChI=1S/C18H17N3OS/c22-17(20-9-7-14-4-1-2-5-15(14)12-20)13-21-10-8-19-18(21)16-6-3-11-23-16/h1-6,8,10-11H,7,9,12-13H2. The van der Waals surface area contributed by atoms with Gasteiger partial charge in [0.1, 0.15) is 12.4 Å². The number of rotatable bonds is 3. The summed E-state index contributed by atoms with van der Waals surface area (Å²) in [6.45, 7) is 1.84. The lowest BCUT2D eigenvalue weighted by Gasteiger charge is -2.29. The van der Waals surface area contributed by atoms with Crippen LogP contribution in [0.4, 0.5) is 0 Å². The molecule has 23 heavy (non-hydrogen) atoms. The molecule has 1 aromatic carbocycles. The van der Waals surface area contributed by atoms with Crippen LogP contribution in [0, 0.1) is 0 Å². The lowest BCUT2D eigenvalue weighted by molar-refractivity contribution is -0.132. The minimum absolute atomic E-state index is 0.148. The molecule has 0 atom stereocenters. The Bertz CT molecular complexity index is 822. The molecule has 0 saturated heterocycles. The Morgan fingerprint density at radius 2 is 2.04 bits per heavy atom. The molecule has 0 radical (unpaired) electrons. The normalized spacial score (nSPS) is 13.8. The SMILES string of the molecule is O=C(Cn1ccnc1-c1cccs1)N1CCc2ccccc2C1. The number of aromatic nitrogens is 2. The van der Waals surface area contributed by atoms with Gasteiger partial charge in [-0.3, -0.25) is 4.79 Å². The molecule has 116 valence electrons. The van der Waals surface area contributed by atoms with Gasteiger partial charge in [0.2, 0.25) is 5.91 Å². The van der Waals surface area contributed by atoms with E-state index in [1.165, 1.54) is 11.1 Å². The lowest BCUT2D eigenvalue weighted by atomic mass is 10.00. The van der Waals surface area contributed by atoms with Crippen LogP contribution in [0.2, 0.25) is 0 Å². The van der Waals surface area contributed by atoms with E-state index < -0.39 is 0 Å². The molecule has 1 aliphatic heterocycles. The summed E-state index contributed by atoms with van der Waals surface area (Å²) in [5, 5.41) is 2.03. The number of thiophene rings is 1. The molecule has 4 nitrogen and oxygen atoms in total. The molecule has 0 saturated carbocycles. The Balaban J connectivity index is 1.51. The number of benzene rings is 1. The fourth-order valence-electron chi connectivity index (χ4n) is 3.02. The van der Waals surface area contributed by atoms with Crippen LogP contribution in [0.25, 0.3) is 10.7 Å². The highest BCUT2D eigenvalue weighted by Crippen LogP contribution is 2.23. The van der Waals surface area contributed by atoms with Crippen molar-refractivity contribution in [2.45, 2.75) is 19.5 Å². The summed E-state index contributed by atoms with van der Waals surface area (Å²) < 4.78 is 1.94. The minimum Gasteiger partial charge on any atom is -0.336 e. The van der Waals surface area contributed by atoms with Crippen LogP contribution in [0.15, 0.2) is 54.2 Å². The summed E-state index contributed by atoms with van der Waals surface area (Å²) in [6, 6.07) is 12.4. The average molecular weight is 323 g/mol. The van der Waals surface area contributed by atoms with Crippen molar-refractivity contribution in [2.24, 2.45) is 0 Å². The third kappa shape index (κ3) is 2.80. The third-order valence-corrected chi connectivity index (χ3v) is 5.11. The Labute approximate surface area is 139 Å². The molecule has 4 rings (SSSR count). The van der Waals surface area contributed by atoms with E-state index in [9.17, 15) is 4.79 Å². The summed E-state index contributed by atoms with van der Waals surface area (Å²) in [5.41, 5.74) is 2.62. The van der Waals surface area contributed by atoms with Crippen molar-refractivity contribution in [3.8, 4) is 10.7 Å².